The number of alkyl halides is 3. The van der Waals surface area contributed by atoms with Gasteiger partial charge in [-0.05, 0) is 13.8 Å². The van der Waals surface area contributed by atoms with Crippen molar-refractivity contribution >= 4 is 0 Å². The second-order valence-electron chi connectivity index (χ2n) is 3.99. The van der Waals surface area contributed by atoms with E-state index in [2.05, 4.69) is 0 Å². The van der Waals surface area contributed by atoms with Crippen LogP contribution in [-0.2, 0) is 4.74 Å². The van der Waals surface area contributed by atoms with E-state index in [1.54, 1.807) is 18.7 Å². The monoisotopic (exact) mass is 227 g/mol. The predicted molar refractivity (Wildman–Crippen MR) is 48.5 cm³/mol. The van der Waals surface area contributed by atoms with Gasteiger partial charge in [0.05, 0.1) is 13.2 Å². The SMILES string of the molecule is C[C@@H]1COC[C@@H](C)N1C[C@H](O)C(F)(F)F. The van der Waals surface area contributed by atoms with Gasteiger partial charge in [0, 0.05) is 18.6 Å². The van der Waals surface area contributed by atoms with E-state index in [4.69, 9.17) is 9.84 Å². The van der Waals surface area contributed by atoms with Crippen LogP contribution >= 0.6 is 0 Å². The molecule has 3 atom stereocenters. The summed E-state index contributed by atoms with van der Waals surface area (Å²) in [6, 6.07) is -0.184. The molecule has 3 nitrogen and oxygen atoms in total. The number of nitrogens with zero attached hydrogens (tertiary/aromatic N) is 1. The number of hydrogen-bond acceptors (Lipinski definition) is 3. The van der Waals surface area contributed by atoms with Crippen molar-refractivity contribution in [1.82, 2.24) is 4.90 Å². The quantitative estimate of drug-likeness (QED) is 0.764. The van der Waals surface area contributed by atoms with Crippen molar-refractivity contribution in [3.63, 3.8) is 0 Å². The van der Waals surface area contributed by atoms with Crippen LogP contribution < -0.4 is 0 Å². The largest absolute Gasteiger partial charge is 0.415 e. The zero-order chi connectivity index (χ0) is 11.6. The fourth-order valence-corrected chi connectivity index (χ4v) is 1.70. The number of rotatable bonds is 2. The molecule has 0 aliphatic carbocycles. The minimum absolute atomic E-state index is 0.0919. The third-order valence-corrected chi connectivity index (χ3v) is 2.61. The Labute approximate surface area is 86.8 Å². The van der Waals surface area contributed by atoms with Crippen LogP contribution in [0.4, 0.5) is 13.2 Å². The predicted octanol–water partition coefficient (Wildman–Crippen LogP) is 1.02. The van der Waals surface area contributed by atoms with Gasteiger partial charge in [-0.1, -0.05) is 0 Å². The lowest BCUT2D eigenvalue weighted by Crippen LogP contribution is -2.54. The maximum Gasteiger partial charge on any atom is 0.415 e. The van der Waals surface area contributed by atoms with Gasteiger partial charge >= 0.3 is 6.18 Å². The molecule has 0 amide bonds. The lowest BCUT2D eigenvalue weighted by molar-refractivity contribution is -0.214. The Morgan fingerprint density at radius 3 is 2.20 bits per heavy atom. The van der Waals surface area contributed by atoms with Crippen LogP contribution in [-0.4, -0.2) is 54.1 Å². The topological polar surface area (TPSA) is 32.7 Å². The highest BCUT2D eigenvalue weighted by molar-refractivity contribution is 4.81. The first-order valence-corrected chi connectivity index (χ1v) is 4.90. The van der Waals surface area contributed by atoms with Gasteiger partial charge in [-0.25, -0.2) is 0 Å². The summed E-state index contributed by atoms with van der Waals surface area (Å²) in [7, 11) is 0. The molecule has 6 heteroatoms. The number of hydrogen-bond donors (Lipinski definition) is 1. The van der Waals surface area contributed by atoms with Crippen molar-refractivity contribution in [3.8, 4) is 0 Å². The minimum Gasteiger partial charge on any atom is -0.382 e. The summed E-state index contributed by atoms with van der Waals surface area (Å²) < 4.78 is 41.6. The molecule has 1 aliphatic rings. The number of halogens is 3. The van der Waals surface area contributed by atoms with E-state index < -0.39 is 12.3 Å². The molecule has 0 spiro atoms. The van der Waals surface area contributed by atoms with Gasteiger partial charge in [-0.3, -0.25) is 4.90 Å². The molecule has 0 saturated carbocycles. The van der Waals surface area contributed by atoms with E-state index in [9.17, 15) is 13.2 Å². The number of aliphatic hydroxyl groups is 1. The Hall–Kier alpha value is -0.330. The summed E-state index contributed by atoms with van der Waals surface area (Å²) in [5.74, 6) is 0. The molecule has 0 aromatic rings. The van der Waals surface area contributed by atoms with Crippen molar-refractivity contribution in [3.05, 3.63) is 0 Å². The zero-order valence-corrected chi connectivity index (χ0v) is 8.79. The summed E-state index contributed by atoms with van der Waals surface area (Å²) in [4.78, 5) is 1.63. The zero-order valence-electron chi connectivity index (χ0n) is 8.79. The smallest absolute Gasteiger partial charge is 0.382 e. The Balaban J connectivity index is 2.55. The number of β-amino-alcohol motifs (C(OH)–C–C–N with tert-alkyl or cyclic N) is 1. The van der Waals surface area contributed by atoms with Crippen LogP contribution in [0.1, 0.15) is 13.8 Å². The first-order chi connectivity index (χ1) is 6.82. The van der Waals surface area contributed by atoms with Crippen LogP contribution in [0.2, 0.25) is 0 Å². The van der Waals surface area contributed by atoms with Crippen LogP contribution in [0.3, 0.4) is 0 Å². The molecule has 1 fully saturated rings. The van der Waals surface area contributed by atoms with Gasteiger partial charge in [0.25, 0.3) is 0 Å². The fourth-order valence-electron chi connectivity index (χ4n) is 1.70. The Kier molecular flexibility index (Phi) is 3.97. The highest BCUT2D eigenvalue weighted by atomic mass is 19.4. The molecule has 1 rings (SSSR count). The summed E-state index contributed by atoms with van der Waals surface area (Å²) in [5.41, 5.74) is 0. The van der Waals surface area contributed by atoms with Crippen LogP contribution in [0.5, 0.6) is 0 Å². The van der Waals surface area contributed by atoms with Gasteiger partial charge in [0.2, 0.25) is 0 Å². The highest BCUT2D eigenvalue weighted by Gasteiger charge is 2.41. The Bertz CT molecular complexity index is 200. The van der Waals surface area contributed by atoms with E-state index in [1.165, 1.54) is 0 Å². The molecule has 1 N–H and O–H groups in total. The molecule has 1 heterocycles. The molecule has 0 aromatic carbocycles. The second-order valence-corrected chi connectivity index (χ2v) is 3.99. The van der Waals surface area contributed by atoms with E-state index >= 15 is 0 Å². The summed E-state index contributed by atoms with van der Waals surface area (Å²) >= 11 is 0. The molecule has 0 aromatic heterocycles. The molecule has 0 radical (unpaired) electrons. The maximum atomic E-state index is 12.2. The lowest BCUT2D eigenvalue weighted by Gasteiger charge is -2.39. The van der Waals surface area contributed by atoms with Crippen LogP contribution in [0.15, 0.2) is 0 Å². The van der Waals surface area contributed by atoms with Crippen LogP contribution in [0, 0.1) is 0 Å². The molecule has 0 bridgehead atoms. The molecule has 15 heavy (non-hydrogen) atoms. The van der Waals surface area contributed by atoms with Gasteiger partial charge < -0.3 is 9.84 Å². The van der Waals surface area contributed by atoms with Crippen molar-refractivity contribution in [2.75, 3.05) is 19.8 Å². The van der Waals surface area contributed by atoms with E-state index in [0.29, 0.717) is 13.2 Å². The van der Waals surface area contributed by atoms with Crippen molar-refractivity contribution < 1.29 is 23.0 Å². The van der Waals surface area contributed by atoms with Gasteiger partial charge in [0.1, 0.15) is 0 Å². The van der Waals surface area contributed by atoms with E-state index in [-0.39, 0.29) is 18.6 Å². The fraction of sp³-hybridized carbons (Fsp3) is 1.00. The van der Waals surface area contributed by atoms with E-state index in [1.807, 2.05) is 0 Å². The molecular weight excluding hydrogens is 211 g/mol. The Morgan fingerprint density at radius 2 is 1.80 bits per heavy atom. The normalized spacial score (nSPS) is 31.6. The molecule has 90 valence electrons. The standard InChI is InChI=1S/C9H16F3NO2/c1-6-4-15-5-7(2)13(6)3-8(14)9(10,11)12/h6-8,14H,3-5H2,1-2H3/t6-,7-,8+/m1/s1. The molecular formula is C9H16F3NO2. The average molecular weight is 227 g/mol. The van der Waals surface area contributed by atoms with Gasteiger partial charge in [-0.15, -0.1) is 0 Å². The average Bonchev–Trinajstić information content (AvgIpc) is 2.09. The molecule has 0 unspecified atom stereocenters. The van der Waals surface area contributed by atoms with Gasteiger partial charge in [0.15, 0.2) is 6.10 Å². The lowest BCUT2D eigenvalue weighted by atomic mass is 10.1. The number of aliphatic hydroxyl groups excluding tert-OH is 1. The van der Waals surface area contributed by atoms with Crippen LogP contribution in [0.25, 0.3) is 0 Å². The second kappa shape index (κ2) is 4.67. The number of ether oxygens (including phenoxy) is 1. The van der Waals surface area contributed by atoms with Crippen molar-refractivity contribution in [2.24, 2.45) is 0 Å². The highest BCUT2D eigenvalue weighted by Crippen LogP contribution is 2.23. The van der Waals surface area contributed by atoms with Crippen molar-refractivity contribution in [2.45, 2.75) is 38.2 Å². The number of morpholine rings is 1. The summed E-state index contributed by atoms with van der Waals surface area (Å²) in [6.45, 7) is 4.02. The van der Waals surface area contributed by atoms with Crippen molar-refractivity contribution in [1.29, 1.82) is 0 Å². The Morgan fingerprint density at radius 1 is 1.33 bits per heavy atom. The first kappa shape index (κ1) is 12.7. The first-order valence-electron chi connectivity index (χ1n) is 4.90. The maximum absolute atomic E-state index is 12.2. The molecule has 1 saturated heterocycles. The molecule has 1 aliphatic heterocycles. The van der Waals surface area contributed by atoms with E-state index in [0.717, 1.165) is 0 Å². The summed E-state index contributed by atoms with van der Waals surface area (Å²) in [5, 5.41) is 8.97. The minimum atomic E-state index is -4.54. The summed E-state index contributed by atoms with van der Waals surface area (Å²) in [6.07, 6.45) is -6.82. The van der Waals surface area contributed by atoms with Gasteiger partial charge in [-0.2, -0.15) is 13.2 Å². The third kappa shape index (κ3) is 3.32. The third-order valence-electron chi connectivity index (χ3n) is 2.61.